The van der Waals surface area contributed by atoms with Crippen LogP contribution >= 0.6 is 15.9 Å². The third-order valence-electron chi connectivity index (χ3n) is 3.09. The summed E-state index contributed by atoms with van der Waals surface area (Å²) < 4.78 is 5.46. The number of rotatable bonds is 5. The van der Waals surface area contributed by atoms with E-state index in [4.69, 9.17) is 4.74 Å². The van der Waals surface area contributed by atoms with Gasteiger partial charge in [-0.05, 0) is 43.5 Å². The molecule has 0 radical (unpaired) electrons. The maximum absolute atomic E-state index is 5.46. The largest absolute Gasteiger partial charge is 0.494 e. The molecule has 0 bridgehead atoms. The van der Waals surface area contributed by atoms with Crippen molar-refractivity contribution in [2.75, 3.05) is 6.61 Å². The summed E-state index contributed by atoms with van der Waals surface area (Å²) in [5.74, 6) is 0.932. The van der Waals surface area contributed by atoms with Crippen molar-refractivity contribution >= 4 is 15.9 Å². The van der Waals surface area contributed by atoms with E-state index in [1.807, 2.05) is 19.1 Å². The van der Waals surface area contributed by atoms with E-state index < -0.39 is 0 Å². The van der Waals surface area contributed by atoms with Crippen molar-refractivity contribution in [3.05, 3.63) is 65.2 Å². The highest BCUT2D eigenvalue weighted by atomic mass is 79.9. The maximum atomic E-state index is 5.46. The van der Waals surface area contributed by atoms with Crippen molar-refractivity contribution in [2.24, 2.45) is 0 Å². The zero-order valence-electron chi connectivity index (χ0n) is 11.4. The number of hydrogen-bond donors (Lipinski definition) is 0. The van der Waals surface area contributed by atoms with Crippen LogP contribution in [0.1, 0.15) is 28.4 Å². The first-order valence-corrected chi connectivity index (χ1v) is 7.53. The van der Waals surface area contributed by atoms with Crippen LogP contribution < -0.4 is 4.74 Å². The number of hydrogen-bond acceptors (Lipinski definition) is 1. The average molecular weight is 319 g/mol. The van der Waals surface area contributed by atoms with Gasteiger partial charge < -0.3 is 4.74 Å². The van der Waals surface area contributed by atoms with E-state index in [1.165, 1.54) is 16.7 Å². The molecule has 1 nitrogen and oxygen atoms in total. The van der Waals surface area contributed by atoms with Gasteiger partial charge in [0, 0.05) is 4.83 Å². The molecule has 0 amide bonds. The van der Waals surface area contributed by atoms with Gasteiger partial charge in [-0.3, -0.25) is 0 Å². The molecule has 100 valence electrons. The quantitative estimate of drug-likeness (QED) is 0.699. The van der Waals surface area contributed by atoms with E-state index in [-0.39, 0.29) is 0 Å². The summed E-state index contributed by atoms with van der Waals surface area (Å²) in [5.41, 5.74) is 3.93. The van der Waals surface area contributed by atoms with Crippen LogP contribution in [0.4, 0.5) is 0 Å². The summed E-state index contributed by atoms with van der Waals surface area (Å²) >= 11 is 3.76. The molecule has 2 rings (SSSR count). The first-order chi connectivity index (χ1) is 9.19. The van der Waals surface area contributed by atoms with E-state index in [0.29, 0.717) is 11.4 Å². The fraction of sp³-hybridized carbons (Fsp3) is 0.294. The van der Waals surface area contributed by atoms with E-state index in [0.717, 1.165) is 12.2 Å². The molecule has 0 aliphatic heterocycles. The van der Waals surface area contributed by atoms with Crippen molar-refractivity contribution in [3.63, 3.8) is 0 Å². The van der Waals surface area contributed by atoms with Gasteiger partial charge in [-0.2, -0.15) is 0 Å². The molecule has 0 aromatic heterocycles. The Labute approximate surface area is 123 Å². The van der Waals surface area contributed by atoms with Crippen molar-refractivity contribution in [2.45, 2.75) is 25.1 Å². The van der Waals surface area contributed by atoms with Crippen LogP contribution in [0.5, 0.6) is 5.75 Å². The predicted molar refractivity (Wildman–Crippen MR) is 84.2 cm³/mol. The van der Waals surface area contributed by atoms with Gasteiger partial charge in [-0.1, -0.05) is 57.9 Å². The van der Waals surface area contributed by atoms with E-state index in [9.17, 15) is 0 Å². The highest BCUT2D eigenvalue weighted by molar-refractivity contribution is 9.09. The molecule has 2 aromatic rings. The minimum Gasteiger partial charge on any atom is -0.494 e. The lowest BCUT2D eigenvalue weighted by Gasteiger charge is -2.11. The summed E-state index contributed by atoms with van der Waals surface area (Å²) in [5, 5.41) is 0. The van der Waals surface area contributed by atoms with Crippen molar-refractivity contribution in [1.82, 2.24) is 0 Å². The molecule has 0 aliphatic rings. The standard InChI is InChI=1S/C17H19BrO/c1-3-19-16-10-8-15(9-11-16)17(18)12-14-6-4-13(2)5-7-14/h4-11,17H,3,12H2,1-2H3. The lowest BCUT2D eigenvalue weighted by atomic mass is 10.0. The highest BCUT2D eigenvalue weighted by Gasteiger charge is 2.08. The Kier molecular flexibility index (Phi) is 5.03. The summed E-state index contributed by atoms with van der Waals surface area (Å²) in [6.45, 7) is 4.82. The smallest absolute Gasteiger partial charge is 0.119 e. The molecule has 19 heavy (non-hydrogen) atoms. The minimum absolute atomic E-state index is 0.339. The Morgan fingerprint density at radius 2 is 1.63 bits per heavy atom. The predicted octanol–water partition coefficient (Wildman–Crippen LogP) is 5.07. The minimum atomic E-state index is 0.339. The van der Waals surface area contributed by atoms with Crippen LogP contribution in [0.15, 0.2) is 48.5 Å². The van der Waals surface area contributed by atoms with Crippen molar-refractivity contribution in [1.29, 1.82) is 0 Å². The van der Waals surface area contributed by atoms with Gasteiger partial charge in [0.1, 0.15) is 5.75 Å². The maximum Gasteiger partial charge on any atom is 0.119 e. The highest BCUT2D eigenvalue weighted by Crippen LogP contribution is 2.28. The molecule has 0 spiro atoms. The van der Waals surface area contributed by atoms with Crippen molar-refractivity contribution < 1.29 is 4.74 Å². The fourth-order valence-corrected chi connectivity index (χ4v) is 2.67. The van der Waals surface area contributed by atoms with Crippen LogP contribution in [-0.2, 0) is 6.42 Å². The van der Waals surface area contributed by atoms with E-state index >= 15 is 0 Å². The monoisotopic (exact) mass is 318 g/mol. The summed E-state index contributed by atoms with van der Waals surface area (Å²) in [4.78, 5) is 0.339. The number of ether oxygens (including phenoxy) is 1. The summed E-state index contributed by atoms with van der Waals surface area (Å²) in [6.07, 6.45) is 0.994. The number of benzene rings is 2. The Bertz CT molecular complexity index is 502. The molecule has 2 aromatic carbocycles. The van der Waals surface area contributed by atoms with Crippen LogP contribution in [0.25, 0.3) is 0 Å². The second kappa shape index (κ2) is 6.76. The molecule has 1 unspecified atom stereocenters. The topological polar surface area (TPSA) is 9.23 Å². The second-order valence-corrected chi connectivity index (χ2v) is 5.76. The average Bonchev–Trinajstić information content (AvgIpc) is 2.42. The first kappa shape index (κ1) is 14.1. The third-order valence-corrected chi connectivity index (χ3v) is 3.94. The van der Waals surface area contributed by atoms with Gasteiger partial charge in [-0.15, -0.1) is 0 Å². The Morgan fingerprint density at radius 3 is 2.21 bits per heavy atom. The lowest BCUT2D eigenvalue weighted by Crippen LogP contribution is -1.96. The Balaban J connectivity index is 2.02. The molecular weight excluding hydrogens is 300 g/mol. The van der Waals surface area contributed by atoms with Crippen LogP contribution in [0, 0.1) is 6.92 Å². The van der Waals surface area contributed by atoms with Gasteiger partial charge in [0.15, 0.2) is 0 Å². The number of halogens is 1. The summed E-state index contributed by atoms with van der Waals surface area (Å²) in [6, 6.07) is 17.0. The SMILES string of the molecule is CCOc1ccc(C(Br)Cc2ccc(C)cc2)cc1. The zero-order chi connectivity index (χ0) is 13.7. The number of alkyl halides is 1. The second-order valence-electron chi connectivity index (χ2n) is 4.66. The van der Waals surface area contributed by atoms with Gasteiger partial charge in [0.2, 0.25) is 0 Å². The zero-order valence-corrected chi connectivity index (χ0v) is 13.0. The van der Waals surface area contributed by atoms with E-state index in [2.05, 4.69) is 59.3 Å². The van der Waals surface area contributed by atoms with Gasteiger partial charge >= 0.3 is 0 Å². The summed E-state index contributed by atoms with van der Waals surface area (Å²) in [7, 11) is 0. The molecular formula is C17H19BrO. The van der Waals surface area contributed by atoms with Gasteiger partial charge in [-0.25, -0.2) is 0 Å². The van der Waals surface area contributed by atoms with Crippen LogP contribution in [0.2, 0.25) is 0 Å². The van der Waals surface area contributed by atoms with Gasteiger partial charge in [0.05, 0.1) is 6.61 Å². The van der Waals surface area contributed by atoms with Crippen LogP contribution in [0.3, 0.4) is 0 Å². The van der Waals surface area contributed by atoms with Crippen molar-refractivity contribution in [3.8, 4) is 5.75 Å². The molecule has 0 heterocycles. The van der Waals surface area contributed by atoms with Crippen LogP contribution in [-0.4, -0.2) is 6.61 Å². The Hall–Kier alpha value is -1.28. The molecule has 0 aliphatic carbocycles. The molecule has 2 heteroatoms. The Morgan fingerprint density at radius 1 is 1.00 bits per heavy atom. The molecule has 0 N–H and O–H groups in total. The lowest BCUT2D eigenvalue weighted by molar-refractivity contribution is 0.340. The third kappa shape index (κ3) is 4.10. The van der Waals surface area contributed by atoms with E-state index in [1.54, 1.807) is 0 Å². The molecule has 0 fully saturated rings. The number of aryl methyl sites for hydroxylation is 1. The molecule has 0 saturated carbocycles. The molecule has 1 atom stereocenters. The fourth-order valence-electron chi connectivity index (χ4n) is 1.99. The first-order valence-electron chi connectivity index (χ1n) is 6.61. The molecule has 0 saturated heterocycles. The van der Waals surface area contributed by atoms with Gasteiger partial charge in [0.25, 0.3) is 0 Å². The normalized spacial score (nSPS) is 12.2.